The van der Waals surface area contributed by atoms with Crippen LogP contribution < -0.4 is 10.0 Å². The summed E-state index contributed by atoms with van der Waals surface area (Å²) in [5, 5.41) is 12.0. The van der Waals surface area contributed by atoms with Crippen molar-refractivity contribution in [2.24, 2.45) is 0 Å². The first-order chi connectivity index (χ1) is 18.0. The van der Waals surface area contributed by atoms with Crippen LogP contribution in [0.5, 0.6) is 0 Å². The van der Waals surface area contributed by atoms with Crippen molar-refractivity contribution >= 4 is 41.2 Å². The summed E-state index contributed by atoms with van der Waals surface area (Å²) in [4.78, 5) is 33.1. The van der Waals surface area contributed by atoms with Gasteiger partial charge >= 0.3 is 5.97 Å². The van der Waals surface area contributed by atoms with Gasteiger partial charge in [0.1, 0.15) is 0 Å². The van der Waals surface area contributed by atoms with E-state index in [1.165, 1.54) is 29.7 Å². The number of rotatable bonds is 10. The molecule has 1 saturated heterocycles. The third kappa shape index (κ3) is 6.12. The first-order valence-electron chi connectivity index (χ1n) is 13.4. The highest BCUT2D eigenvalue weighted by Crippen LogP contribution is 2.37. The number of nitrogens with zero attached hydrogens (tertiary/aromatic N) is 2. The molecule has 0 radical (unpaired) electrons. The Hall–Kier alpha value is -2.59. The highest BCUT2D eigenvalue weighted by Gasteiger charge is 2.27. The number of carboxylic acid groups (broad SMARTS) is 1. The third-order valence-corrected chi connectivity index (χ3v) is 8.39. The van der Waals surface area contributed by atoms with Crippen LogP contribution in [0.3, 0.4) is 0 Å². The highest BCUT2D eigenvalue weighted by molar-refractivity contribution is 7.97. The lowest BCUT2D eigenvalue weighted by Crippen LogP contribution is -2.48. The number of unbranched alkanes of at least 4 members (excludes halogenated alkanes) is 1. The number of aromatic nitrogens is 1. The van der Waals surface area contributed by atoms with Gasteiger partial charge < -0.3 is 20.3 Å². The van der Waals surface area contributed by atoms with Gasteiger partial charge in [-0.05, 0) is 106 Å². The van der Waals surface area contributed by atoms with Gasteiger partial charge in [0, 0.05) is 53.7 Å². The van der Waals surface area contributed by atoms with Crippen molar-refractivity contribution in [3.8, 4) is 0 Å². The smallest absolute Gasteiger partial charge is 0.317 e. The van der Waals surface area contributed by atoms with E-state index in [4.69, 9.17) is 5.11 Å². The maximum atomic E-state index is 12.9. The van der Waals surface area contributed by atoms with Crippen LogP contribution in [0.1, 0.15) is 53.8 Å². The number of anilines is 1. The minimum atomic E-state index is -0.745. The van der Waals surface area contributed by atoms with Crippen molar-refractivity contribution in [3.63, 3.8) is 0 Å². The fourth-order valence-electron chi connectivity index (χ4n) is 5.82. The summed E-state index contributed by atoms with van der Waals surface area (Å²) in [7, 11) is 1.90. The highest BCUT2D eigenvalue weighted by atomic mass is 32.2. The molecule has 1 aliphatic carbocycles. The average Bonchev–Trinajstić information content (AvgIpc) is 3.39. The fourth-order valence-corrected chi connectivity index (χ4v) is 6.37. The van der Waals surface area contributed by atoms with Crippen LogP contribution in [0, 0.1) is 0 Å². The summed E-state index contributed by atoms with van der Waals surface area (Å²) in [6.45, 7) is 4.72. The lowest BCUT2D eigenvalue weighted by Gasteiger charge is -2.33. The molecule has 2 aromatic rings. The van der Waals surface area contributed by atoms with Crippen LogP contribution in [-0.2, 0) is 28.9 Å². The molecule has 1 amide bonds. The van der Waals surface area contributed by atoms with Crippen molar-refractivity contribution in [1.29, 1.82) is 0 Å². The zero-order valence-electron chi connectivity index (χ0n) is 21.6. The molecule has 2 aliphatic heterocycles. The van der Waals surface area contributed by atoms with E-state index in [1.54, 1.807) is 11.9 Å². The Balaban J connectivity index is 1.27. The molecule has 0 atom stereocenters. The van der Waals surface area contributed by atoms with Crippen molar-refractivity contribution in [1.82, 2.24) is 19.5 Å². The molecule has 0 bridgehead atoms. The number of amides is 1. The van der Waals surface area contributed by atoms with E-state index < -0.39 is 5.97 Å². The van der Waals surface area contributed by atoms with E-state index in [9.17, 15) is 9.59 Å². The van der Waals surface area contributed by atoms with E-state index >= 15 is 0 Å². The predicted molar refractivity (Wildman–Crippen MR) is 149 cm³/mol. The number of hydrogen-bond acceptors (Lipinski definition) is 6. The summed E-state index contributed by atoms with van der Waals surface area (Å²) in [5.74, 6) is -0.785. The van der Waals surface area contributed by atoms with Crippen LogP contribution in [0.2, 0.25) is 0 Å². The third-order valence-electron chi connectivity index (χ3n) is 7.70. The van der Waals surface area contributed by atoms with Crippen molar-refractivity contribution in [3.05, 3.63) is 46.3 Å². The summed E-state index contributed by atoms with van der Waals surface area (Å²) in [6.07, 6.45) is 9.93. The van der Waals surface area contributed by atoms with Crippen molar-refractivity contribution in [2.75, 3.05) is 51.6 Å². The minimum Gasteiger partial charge on any atom is -0.480 e. The second-order valence-corrected chi connectivity index (χ2v) is 11.3. The summed E-state index contributed by atoms with van der Waals surface area (Å²) < 4.78 is 3.11. The molecule has 1 fully saturated rings. The Kier molecular flexibility index (Phi) is 8.34. The molecule has 4 N–H and O–H groups in total. The van der Waals surface area contributed by atoms with Crippen molar-refractivity contribution in [2.45, 2.75) is 49.8 Å². The standard InChI is InChI=1S/C28H37N5O3S/c1-29-37-19-9-10-25-22(16-19)23(28(36)31-25)17-26-21(20-6-2-3-8-24(20)30-26)7-4-5-11-32-12-14-33(15-13-32)18-27(34)35/h9-10,16-17,29-30H,2-8,11-15,18H2,1H3,(H,31,36)(H,34,35)/b23-17-. The number of nitrogens with one attached hydrogen (secondary N) is 3. The Morgan fingerprint density at radius 2 is 1.92 bits per heavy atom. The Labute approximate surface area is 223 Å². The number of fused-ring (bicyclic) bond motifs is 2. The lowest BCUT2D eigenvalue weighted by molar-refractivity contribution is -0.138. The fraction of sp³-hybridized carbons (Fsp3) is 0.500. The van der Waals surface area contributed by atoms with Gasteiger partial charge in [-0.1, -0.05) is 0 Å². The van der Waals surface area contributed by atoms with E-state index in [2.05, 4.69) is 32.1 Å². The number of carboxylic acids is 1. The van der Waals surface area contributed by atoms with Gasteiger partial charge in [0.05, 0.1) is 12.1 Å². The number of benzene rings is 1. The quantitative estimate of drug-likeness (QED) is 0.214. The molecule has 3 heterocycles. The second kappa shape index (κ2) is 11.9. The number of aliphatic carboxylic acids is 1. The topological polar surface area (TPSA) is 101 Å². The normalized spacial score (nSPS) is 19.2. The number of aryl methyl sites for hydroxylation is 1. The van der Waals surface area contributed by atoms with Gasteiger partial charge in [0.15, 0.2) is 0 Å². The Morgan fingerprint density at radius 1 is 1.14 bits per heavy atom. The Bertz CT molecular complexity index is 1180. The zero-order valence-corrected chi connectivity index (χ0v) is 22.4. The van der Waals surface area contributed by atoms with E-state index in [0.29, 0.717) is 0 Å². The zero-order chi connectivity index (χ0) is 25.8. The van der Waals surface area contributed by atoms with Gasteiger partial charge in [-0.3, -0.25) is 19.2 Å². The largest absolute Gasteiger partial charge is 0.480 e. The maximum Gasteiger partial charge on any atom is 0.317 e. The molecule has 198 valence electrons. The number of carbonyl (C=O) groups is 2. The average molecular weight is 524 g/mol. The molecule has 0 saturated carbocycles. The summed E-state index contributed by atoms with van der Waals surface area (Å²) in [6, 6.07) is 6.09. The van der Waals surface area contributed by atoms with Gasteiger partial charge in [-0.15, -0.1) is 0 Å². The monoisotopic (exact) mass is 523 g/mol. The molecule has 3 aliphatic rings. The predicted octanol–water partition coefficient (Wildman–Crippen LogP) is 3.64. The number of hydrogen-bond donors (Lipinski definition) is 4. The van der Waals surface area contributed by atoms with Crippen LogP contribution in [0.15, 0.2) is 23.1 Å². The molecular formula is C28H37N5O3S. The number of carbonyl (C=O) groups excluding carboxylic acids is 1. The van der Waals surface area contributed by atoms with E-state index in [-0.39, 0.29) is 12.5 Å². The van der Waals surface area contributed by atoms with E-state index in [0.717, 1.165) is 92.2 Å². The van der Waals surface area contributed by atoms with Crippen LogP contribution in [0.4, 0.5) is 5.69 Å². The summed E-state index contributed by atoms with van der Waals surface area (Å²) in [5.41, 5.74) is 7.87. The van der Waals surface area contributed by atoms with Gasteiger partial charge in [-0.25, -0.2) is 0 Å². The van der Waals surface area contributed by atoms with E-state index in [1.807, 2.05) is 24.1 Å². The van der Waals surface area contributed by atoms with Gasteiger partial charge in [0.2, 0.25) is 0 Å². The van der Waals surface area contributed by atoms with Crippen LogP contribution >= 0.6 is 11.9 Å². The molecule has 0 unspecified atom stereocenters. The lowest BCUT2D eigenvalue weighted by atomic mass is 9.92. The molecule has 37 heavy (non-hydrogen) atoms. The number of aromatic amines is 1. The second-order valence-electron chi connectivity index (χ2n) is 10.2. The SMILES string of the molecule is CNSc1ccc2c(c1)/C(=C/c1[nH]c3c(c1CCCCN1CCN(CC(=O)O)CC1)CCCC3)C(=O)N2. The number of piperazine rings is 1. The minimum absolute atomic E-state index is 0.0397. The molecule has 8 nitrogen and oxygen atoms in total. The molecule has 1 aromatic carbocycles. The molecule has 1 aromatic heterocycles. The first-order valence-corrected chi connectivity index (χ1v) is 14.2. The molecule has 9 heteroatoms. The van der Waals surface area contributed by atoms with Gasteiger partial charge in [-0.2, -0.15) is 0 Å². The van der Waals surface area contributed by atoms with Crippen LogP contribution in [0.25, 0.3) is 11.6 Å². The first kappa shape index (κ1) is 26.0. The Morgan fingerprint density at radius 3 is 2.70 bits per heavy atom. The summed E-state index contributed by atoms with van der Waals surface area (Å²) >= 11 is 1.55. The maximum absolute atomic E-state index is 12.9. The van der Waals surface area contributed by atoms with Crippen LogP contribution in [-0.4, -0.2) is 78.1 Å². The van der Waals surface area contributed by atoms with Gasteiger partial charge in [0.25, 0.3) is 5.91 Å². The molecule has 0 spiro atoms. The number of H-pyrrole nitrogens is 1. The van der Waals surface area contributed by atoms with Crippen molar-refractivity contribution < 1.29 is 14.7 Å². The molecular weight excluding hydrogens is 486 g/mol. The molecule has 5 rings (SSSR count).